The molecule has 0 bridgehead atoms. The smallest absolute Gasteiger partial charge is 0.325 e. The van der Waals surface area contributed by atoms with Gasteiger partial charge in [0.25, 0.3) is 11.4 Å². The van der Waals surface area contributed by atoms with Crippen molar-refractivity contribution in [2.24, 2.45) is 0 Å². The van der Waals surface area contributed by atoms with Crippen LogP contribution in [0.1, 0.15) is 25.9 Å². The Morgan fingerprint density at radius 1 is 1.26 bits per heavy atom. The van der Waals surface area contributed by atoms with Crippen molar-refractivity contribution < 1.29 is 14.0 Å². The third-order valence-corrected chi connectivity index (χ3v) is 5.77. The number of ketones is 1. The lowest BCUT2D eigenvalue weighted by molar-refractivity contribution is -0.468. The maximum atomic E-state index is 12.5. The lowest BCUT2D eigenvalue weighted by atomic mass is 10.2. The van der Waals surface area contributed by atoms with Crippen LogP contribution in [0.25, 0.3) is 11.0 Å². The third-order valence-electron chi connectivity index (χ3n) is 3.94. The van der Waals surface area contributed by atoms with Crippen LogP contribution in [0.3, 0.4) is 0 Å². The second kappa shape index (κ2) is 8.36. The maximum Gasteiger partial charge on any atom is 0.325 e. The molecule has 0 atom stereocenters. The van der Waals surface area contributed by atoms with Crippen molar-refractivity contribution in [3.05, 3.63) is 68.2 Å². The van der Waals surface area contributed by atoms with Crippen LogP contribution < -0.4 is 9.74 Å². The number of hydrogen-bond donors (Lipinski definition) is 1. The third kappa shape index (κ3) is 4.04. The van der Waals surface area contributed by atoms with Crippen LogP contribution in [0, 0.1) is 17.0 Å². The number of hydrogen-bond acceptors (Lipinski definition) is 6. The first-order chi connectivity index (χ1) is 13.0. The zero-order valence-corrected chi connectivity index (χ0v) is 16.1. The number of thiophene rings is 1. The second-order valence-electron chi connectivity index (χ2n) is 5.72. The van der Waals surface area contributed by atoms with Crippen molar-refractivity contribution >= 4 is 45.8 Å². The number of rotatable bonds is 7. The molecule has 0 aliphatic rings. The van der Waals surface area contributed by atoms with Crippen LogP contribution in [0.5, 0.6) is 0 Å². The van der Waals surface area contributed by atoms with Gasteiger partial charge < -0.3 is 15.3 Å². The van der Waals surface area contributed by atoms with Crippen molar-refractivity contribution in [3.8, 4) is 0 Å². The summed E-state index contributed by atoms with van der Waals surface area (Å²) >= 11 is 2.66. The Morgan fingerprint density at radius 3 is 2.78 bits per heavy atom. The lowest BCUT2D eigenvalue weighted by Crippen LogP contribution is -2.31. The molecule has 27 heavy (non-hydrogen) atoms. The first-order valence-corrected chi connectivity index (χ1v) is 10.2. The van der Waals surface area contributed by atoms with E-state index >= 15 is 0 Å². The Kier molecular flexibility index (Phi) is 5.92. The van der Waals surface area contributed by atoms with E-state index in [1.54, 1.807) is 30.3 Å². The molecule has 0 radical (unpaired) electrons. The van der Waals surface area contributed by atoms with Gasteiger partial charge in [-0.25, -0.2) is 0 Å². The average molecular weight is 403 g/mol. The number of amides is 1. The second-order valence-corrected chi connectivity index (χ2v) is 7.77. The van der Waals surface area contributed by atoms with E-state index in [9.17, 15) is 19.7 Å². The van der Waals surface area contributed by atoms with E-state index in [4.69, 9.17) is 0 Å². The molecule has 0 fully saturated rings. The summed E-state index contributed by atoms with van der Waals surface area (Å²) in [6.45, 7) is 1.87. The Labute approximate surface area is 163 Å². The van der Waals surface area contributed by atoms with Gasteiger partial charge in [0.2, 0.25) is 5.78 Å². The number of carbonyl (C=O) groups is 2. The zero-order chi connectivity index (χ0) is 19.4. The number of benzene rings is 1. The molecule has 0 saturated carbocycles. The molecule has 2 aromatic heterocycles. The first-order valence-electron chi connectivity index (χ1n) is 8.17. The van der Waals surface area contributed by atoms with Gasteiger partial charge in [0, 0.05) is 23.3 Å². The van der Waals surface area contributed by atoms with Crippen molar-refractivity contribution in [1.82, 2.24) is 10.0 Å². The fourth-order valence-corrected chi connectivity index (χ4v) is 3.98. The Morgan fingerprint density at radius 2 is 2.04 bits per heavy atom. The summed E-state index contributed by atoms with van der Waals surface area (Å²) in [7, 11) is 0. The number of fused-ring (bicyclic) bond motifs is 1. The fraction of sp³-hybridized carbons (Fsp3) is 0.222. The molecular weight excluding hydrogens is 386 g/mol. The van der Waals surface area contributed by atoms with Gasteiger partial charge in [0.15, 0.2) is 0 Å². The molecule has 0 saturated heterocycles. The largest absolute Gasteiger partial charge is 0.805 e. The highest BCUT2D eigenvalue weighted by atomic mass is 32.2. The van der Waals surface area contributed by atoms with Gasteiger partial charge in [-0.05, 0) is 24.4 Å². The SMILES string of the molecule is Cc1c(C(=O)CSCCNC(=O)c2cccs2)[n+](=O)c2ccccc2n1[O-]. The maximum absolute atomic E-state index is 12.5. The highest BCUT2D eigenvalue weighted by Gasteiger charge is 2.26. The summed E-state index contributed by atoms with van der Waals surface area (Å²) < 4.78 is 1.14. The minimum absolute atomic E-state index is 0.0519. The standard InChI is InChI=1S/C18H17N3O4S2/c1-12-17(21(25)14-6-3-2-5-13(14)20(12)24)15(22)11-26-10-8-19-18(23)16-7-4-9-27-16/h2-7,9H,8,10-11H2,1H3,(H,19,23). The molecule has 7 nitrogen and oxygen atoms in total. The molecule has 140 valence electrons. The summed E-state index contributed by atoms with van der Waals surface area (Å²) in [6.07, 6.45) is 0. The van der Waals surface area contributed by atoms with Gasteiger partial charge >= 0.3 is 5.69 Å². The fourth-order valence-electron chi connectivity index (χ4n) is 2.63. The molecule has 0 unspecified atom stereocenters. The summed E-state index contributed by atoms with van der Waals surface area (Å²) in [6, 6.07) is 9.91. The minimum Gasteiger partial charge on any atom is -0.805 e. The molecule has 3 rings (SSSR count). The highest BCUT2D eigenvalue weighted by molar-refractivity contribution is 8.00. The molecule has 0 spiro atoms. The van der Waals surface area contributed by atoms with Crippen molar-refractivity contribution in [3.63, 3.8) is 0 Å². The van der Waals surface area contributed by atoms with Crippen molar-refractivity contribution in [2.45, 2.75) is 6.92 Å². The van der Waals surface area contributed by atoms with Crippen LogP contribution in [-0.4, -0.2) is 34.5 Å². The minimum atomic E-state index is -0.410. The quantitative estimate of drug-likeness (QED) is 0.372. The van der Waals surface area contributed by atoms with Crippen molar-refractivity contribution in [1.29, 1.82) is 0 Å². The topological polar surface area (TPSA) is 97.1 Å². The van der Waals surface area contributed by atoms with Gasteiger partial charge in [0.05, 0.1) is 20.8 Å². The predicted octanol–water partition coefficient (Wildman–Crippen LogP) is 2.62. The molecule has 0 aliphatic carbocycles. The summed E-state index contributed by atoms with van der Waals surface area (Å²) in [5.74, 6) is 0.0154. The molecular formula is C18H17N3O4S2. The van der Waals surface area contributed by atoms with E-state index in [1.165, 1.54) is 36.1 Å². The highest BCUT2D eigenvalue weighted by Crippen LogP contribution is 2.15. The summed E-state index contributed by atoms with van der Waals surface area (Å²) in [5, 5.41) is 16.9. The summed E-state index contributed by atoms with van der Waals surface area (Å²) in [4.78, 5) is 37.5. The number of carbonyl (C=O) groups excluding carboxylic acids is 2. The lowest BCUT2D eigenvalue weighted by Gasteiger charge is -2.15. The van der Waals surface area contributed by atoms with E-state index in [1.807, 2.05) is 5.38 Å². The molecule has 1 aromatic carbocycles. The predicted molar refractivity (Wildman–Crippen MR) is 107 cm³/mol. The van der Waals surface area contributed by atoms with E-state index in [-0.39, 0.29) is 34.1 Å². The normalized spacial score (nSPS) is 10.9. The first kappa shape index (κ1) is 19.1. The van der Waals surface area contributed by atoms with Crippen LogP contribution >= 0.6 is 23.1 Å². The Bertz CT molecular complexity index is 1040. The number of Topliss-reactive ketones (excluding diaryl/α,β-unsaturated/α-hetero) is 1. The number of nitrogens with zero attached hydrogens (tertiary/aromatic N) is 2. The number of para-hydroxylation sites is 2. The van der Waals surface area contributed by atoms with Crippen LogP contribution in [0.15, 0.2) is 41.8 Å². The number of aromatic nitrogens is 2. The van der Waals surface area contributed by atoms with Crippen LogP contribution in [0.2, 0.25) is 0 Å². The van der Waals surface area contributed by atoms with E-state index in [2.05, 4.69) is 5.32 Å². The molecule has 2 heterocycles. The molecule has 0 aliphatic heterocycles. The Hall–Kier alpha value is -2.65. The number of thioether (sulfide) groups is 1. The Balaban J connectivity index is 1.62. The number of nitrogens with one attached hydrogen (secondary N) is 1. The monoisotopic (exact) mass is 403 g/mol. The molecule has 9 heteroatoms. The van der Waals surface area contributed by atoms with Crippen LogP contribution in [-0.2, 0) is 0 Å². The summed E-state index contributed by atoms with van der Waals surface area (Å²) in [5.41, 5.74) is 0.333. The van der Waals surface area contributed by atoms with Gasteiger partial charge in [0.1, 0.15) is 5.52 Å². The molecule has 3 aromatic rings. The zero-order valence-electron chi connectivity index (χ0n) is 14.5. The van der Waals surface area contributed by atoms with E-state index in [0.717, 1.165) is 0 Å². The van der Waals surface area contributed by atoms with Crippen LogP contribution in [0.4, 0.5) is 0 Å². The van der Waals surface area contributed by atoms with Gasteiger partial charge in [-0.15, -0.1) is 11.3 Å². The average Bonchev–Trinajstić information content (AvgIpc) is 3.21. The molecule has 1 N–H and O–H groups in total. The van der Waals surface area contributed by atoms with Gasteiger partial charge in [-0.3, -0.25) is 9.59 Å². The van der Waals surface area contributed by atoms with Crippen molar-refractivity contribution in [2.75, 3.05) is 18.1 Å². The van der Waals surface area contributed by atoms with E-state index in [0.29, 0.717) is 26.3 Å². The molecule has 1 amide bonds. The van der Waals surface area contributed by atoms with Gasteiger partial charge in [-0.1, -0.05) is 18.2 Å². The van der Waals surface area contributed by atoms with Gasteiger partial charge in [-0.2, -0.15) is 11.8 Å². The van der Waals surface area contributed by atoms with E-state index < -0.39 is 5.78 Å².